The first-order chi connectivity index (χ1) is 12.7. The van der Waals surface area contributed by atoms with Gasteiger partial charge in [-0.2, -0.15) is 4.98 Å². The lowest BCUT2D eigenvalue weighted by Gasteiger charge is -2.35. The van der Waals surface area contributed by atoms with Gasteiger partial charge in [0.1, 0.15) is 23.3 Å². The molecular formula is C18H19N5O3. The lowest BCUT2D eigenvalue weighted by Crippen LogP contribution is -2.49. The maximum Gasteiger partial charge on any atom is 0.263 e. The Hall–Kier alpha value is -3.16. The van der Waals surface area contributed by atoms with E-state index in [1.54, 1.807) is 31.4 Å². The number of anilines is 1. The number of benzene rings is 1. The number of methoxy groups -OCH3 is 1. The molecule has 0 bridgehead atoms. The number of rotatable bonds is 3. The molecule has 8 heteroatoms. The van der Waals surface area contributed by atoms with Crippen LogP contribution in [0.25, 0.3) is 11.1 Å². The van der Waals surface area contributed by atoms with Gasteiger partial charge in [0, 0.05) is 31.7 Å². The SMILES string of the molecule is COc1ccc(C(=O)N2CCN(c3ncnc4onc(C)c34)CC2)cc1. The highest BCUT2D eigenvalue weighted by atomic mass is 16.5. The van der Waals surface area contributed by atoms with Crippen LogP contribution >= 0.6 is 0 Å². The number of amides is 1. The minimum Gasteiger partial charge on any atom is -0.497 e. The van der Waals surface area contributed by atoms with Crippen molar-refractivity contribution in [2.24, 2.45) is 0 Å². The fourth-order valence-corrected chi connectivity index (χ4v) is 3.18. The zero-order chi connectivity index (χ0) is 18.1. The Bertz CT molecular complexity index is 930. The van der Waals surface area contributed by atoms with Crippen LogP contribution in [0, 0.1) is 6.92 Å². The van der Waals surface area contributed by atoms with Crippen molar-refractivity contribution in [3.63, 3.8) is 0 Å². The van der Waals surface area contributed by atoms with Crippen molar-refractivity contribution in [1.82, 2.24) is 20.0 Å². The molecule has 0 atom stereocenters. The molecule has 1 saturated heterocycles. The first-order valence-corrected chi connectivity index (χ1v) is 8.42. The standard InChI is InChI=1S/C18H19N5O3/c1-12-15-16(19-11-20-17(15)26-21-12)22-7-9-23(10-8-22)18(24)13-3-5-14(25-2)6-4-13/h3-6,11H,7-10H2,1-2H3. The number of piperazine rings is 1. The molecule has 3 aromatic rings. The number of hydrogen-bond donors (Lipinski definition) is 0. The van der Waals surface area contributed by atoms with Crippen LogP contribution in [0.15, 0.2) is 35.1 Å². The molecule has 26 heavy (non-hydrogen) atoms. The summed E-state index contributed by atoms with van der Waals surface area (Å²) >= 11 is 0. The predicted molar refractivity (Wildman–Crippen MR) is 95.4 cm³/mol. The highest BCUT2D eigenvalue weighted by Crippen LogP contribution is 2.26. The van der Waals surface area contributed by atoms with Crippen LogP contribution in [0.1, 0.15) is 16.1 Å². The molecule has 0 saturated carbocycles. The number of carbonyl (C=O) groups is 1. The van der Waals surface area contributed by atoms with Gasteiger partial charge in [-0.1, -0.05) is 5.16 Å². The van der Waals surface area contributed by atoms with E-state index in [-0.39, 0.29) is 5.91 Å². The zero-order valence-corrected chi connectivity index (χ0v) is 14.7. The Morgan fingerprint density at radius 3 is 2.54 bits per heavy atom. The monoisotopic (exact) mass is 353 g/mol. The van der Waals surface area contributed by atoms with E-state index in [2.05, 4.69) is 20.0 Å². The van der Waals surface area contributed by atoms with Gasteiger partial charge in [0.15, 0.2) is 0 Å². The summed E-state index contributed by atoms with van der Waals surface area (Å²) in [6, 6.07) is 7.19. The summed E-state index contributed by atoms with van der Waals surface area (Å²) in [5, 5.41) is 4.80. The molecule has 0 N–H and O–H groups in total. The van der Waals surface area contributed by atoms with Gasteiger partial charge in [-0.05, 0) is 31.2 Å². The van der Waals surface area contributed by atoms with Gasteiger partial charge in [-0.3, -0.25) is 4.79 Å². The first-order valence-electron chi connectivity index (χ1n) is 8.42. The quantitative estimate of drug-likeness (QED) is 0.711. The molecule has 0 radical (unpaired) electrons. The molecule has 1 amide bonds. The lowest BCUT2D eigenvalue weighted by atomic mass is 10.1. The van der Waals surface area contributed by atoms with Gasteiger partial charge >= 0.3 is 0 Å². The number of aryl methyl sites for hydroxylation is 1. The number of hydrogen-bond acceptors (Lipinski definition) is 7. The lowest BCUT2D eigenvalue weighted by molar-refractivity contribution is 0.0746. The number of ether oxygens (including phenoxy) is 1. The molecule has 1 fully saturated rings. The summed E-state index contributed by atoms with van der Waals surface area (Å²) in [4.78, 5) is 25.2. The molecule has 1 aromatic carbocycles. The second-order valence-corrected chi connectivity index (χ2v) is 6.15. The Kier molecular flexibility index (Phi) is 4.16. The van der Waals surface area contributed by atoms with E-state index in [4.69, 9.17) is 9.26 Å². The number of fused-ring (bicyclic) bond motifs is 1. The molecule has 0 aliphatic carbocycles. The molecular weight excluding hydrogens is 334 g/mol. The highest BCUT2D eigenvalue weighted by molar-refractivity contribution is 5.94. The van der Waals surface area contributed by atoms with Crippen molar-refractivity contribution in [3.8, 4) is 5.75 Å². The molecule has 1 aliphatic heterocycles. The fraction of sp³-hybridized carbons (Fsp3) is 0.333. The third-order valence-electron chi connectivity index (χ3n) is 4.63. The normalized spacial score (nSPS) is 14.7. The molecule has 134 valence electrons. The van der Waals surface area contributed by atoms with Gasteiger partial charge < -0.3 is 19.1 Å². The van der Waals surface area contributed by atoms with E-state index in [0.29, 0.717) is 37.5 Å². The van der Waals surface area contributed by atoms with E-state index in [1.165, 1.54) is 6.33 Å². The van der Waals surface area contributed by atoms with Crippen LogP contribution in [-0.4, -0.2) is 59.2 Å². The molecule has 4 rings (SSSR count). The Balaban J connectivity index is 1.48. The van der Waals surface area contributed by atoms with Gasteiger partial charge in [0.25, 0.3) is 11.6 Å². The fourth-order valence-electron chi connectivity index (χ4n) is 3.18. The molecule has 2 aromatic heterocycles. The van der Waals surface area contributed by atoms with Crippen LogP contribution in [0.2, 0.25) is 0 Å². The summed E-state index contributed by atoms with van der Waals surface area (Å²) in [6.07, 6.45) is 1.48. The first kappa shape index (κ1) is 16.3. The van der Waals surface area contributed by atoms with E-state index >= 15 is 0 Å². The minimum atomic E-state index is 0.0290. The summed E-state index contributed by atoms with van der Waals surface area (Å²) in [7, 11) is 1.61. The minimum absolute atomic E-state index is 0.0290. The van der Waals surface area contributed by atoms with Crippen LogP contribution in [0.4, 0.5) is 5.82 Å². The van der Waals surface area contributed by atoms with Crippen molar-refractivity contribution in [2.45, 2.75) is 6.92 Å². The van der Waals surface area contributed by atoms with Gasteiger partial charge in [0.05, 0.1) is 12.8 Å². The maximum absolute atomic E-state index is 12.7. The van der Waals surface area contributed by atoms with Crippen LogP contribution in [0.5, 0.6) is 5.75 Å². The van der Waals surface area contributed by atoms with Gasteiger partial charge in [-0.25, -0.2) is 4.98 Å². The second kappa shape index (κ2) is 6.62. The van der Waals surface area contributed by atoms with Crippen LogP contribution in [-0.2, 0) is 0 Å². The van der Waals surface area contributed by atoms with Crippen LogP contribution < -0.4 is 9.64 Å². The van der Waals surface area contributed by atoms with Gasteiger partial charge in [-0.15, -0.1) is 0 Å². The zero-order valence-electron chi connectivity index (χ0n) is 14.7. The van der Waals surface area contributed by atoms with Gasteiger partial charge in [0.2, 0.25) is 0 Å². The number of nitrogens with zero attached hydrogens (tertiary/aromatic N) is 5. The maximum atomic E-state index is 12.7. The molecule has 0 spiro atoms. The molecule has 1 aliphatic rings. The third kappa shape index (κ3) is 2.83. The average molecular weight is 353 g/mol. The number of carbonyl (C=O) groups excluding carboxylic acids is 1. The molecule has 8 nitrogen and oxygen atoms in total. The van der Waals surface area contributed by atoms with Crippen LogP contribution in [0.3, 0.4) is 0 Å². The van der Waals surface area contributed by atoms with Crippen molar-refractivity contribution in [2.75, 3.05) is 38.2 Å². The van der Waals surface area contributed by atoms with Crippen molar-refractivity contribution >= 4 is 22.8 Å². The number of aromatic nitrogens is 3. The van der Waals surface area contributed by atoms with E-state index in [9.17, 15) is 4.79 Å². The Morgan fingerprint density at radius 1 is 1.12 bits per heavy atom. The van der Waals surface area contributed by atoms with E-state index in [1.807, 2.05) is 11.8 Å². The molecule has 0 unspecified atom stereocenters. The Labute approximate surface area is 150 Å². The average Bonchev–Trinajstić information content (AvgIpc) is 3.09. The highest BCUT2D eigenvalue weighted by Gasteiger charge is 2.25. The molecule has 3 heterocycles. The smallest absolute Gasteiger partial charge is 0.263 e. The Morgan fingerprint density at radius 2 is 1.85 bits per heavy atom. The van der Waals surface area contributed by atoms with E-state index < -0.39 is 0 Å². The van der Waals surface area contributed by atoms with Crippen molar-refractivity contribution < 1.29 is 14.1 Å². The summed E-state index contributed by atoms with van der Waals surface area (Å²) in [6.45, 7) is 4.51. The largest absolute Gasteiger partial charge is 0.497 e. The second-order valence-electron chi connectivity index (χ2n) is 6.15. The summed E-state index contributed by atoms with van der Waals surface area (Å²) < 4.78 is 10.4. The topological polar surface area (TPSA) is 84.6 Å². The predicted octanol–water partition coefficient (Wildman–Crippen LogP) is 1.90. The van der Waals surface area contributed by atoms with Crippen molar-refractivity contribution in [1.29, 1.82) is 0 Å². The summed E-state index contributed by atoms with van der Waals surface area (Å²) in [5.74, 6) is 1.58. The summed E-state index contributed by atoms with van der Waals surface area (Å²) in [5.41, 5.74) is 1.93. The van der Waals surface area contributed by atoms with E-state index in [0.717, 1.165) is 22.6 Å². The van der Waals surface area contributed by atoms with Crippen molar-refractivity contribution in [3.05, 3.63) is 41.9 Å². The third-order valence-corrected chi connectivity index (χ3v) is 4.63.